The van der Waals surface area contributed by atoms with Gasteiger partial charge in [-0.2, -0.15) is 0 Å². The Morgan fingerprint density at radius 2 is 1.43 bits per heavy atom. The van der Waals surface area contributed by atoms with Gasteiger partial charge in [-0.25, -0.2) is 9.59 Å². The van der Waals surface area contributed by atoms with Gasteiger partial charge < -0.3 is 15.1 Å². The van der Waals surface area contributed by atoms with E-state index < -0.39 is 11.9 Å². The molecule has 0 aliphatic heterocycles. The Hall–Kier alpha value is -2.47. The van der Waals surface area contributed by atoms with E-state index in [1.165, 1.54) is 0 Å². The summed E-state index contributed by atoms with van der Waals surface area (Å²) < 4.78 is 0. The first-order valence-corrected chi connectivity index (χ1v) is 6.95. The van der Waals surface area contributed by atoms with Gasteiger partial charge >= 0.3 is 11.9 Å². The summed E-state index contributed by atoms with van der Waals surface area (Å²) in [7, 11) is 3.97. The summed E-state index contributed by atoms with van der Waals surface area (Å²) in [5.74, 6) is -2.31. The lowest BCUT2D eigenvalue weighted by Gasteiger charge is -2.26. The quantitative estimate of drug-likeness (QED) is 0.616. The van der Waals surface area contributed by atoms with Gasteiger partial charge in [0.15, 0.2) is 5.78 Å². The van der Waals surface area contributed by atoms with Crippen molar-refractivity contribution in [1.82, 2.24) is 4.90 Å². The summed E-state index contributed by atoms with van der Waals surface area (Å²) in [5, 5.41) is 15.6. The molecule has 0 fully saturated rings. The van der Waals surface area contributed by atoms with Gasteiger partial charge in [0.25, 0.3) is 0 Å². The minimum absolute atomic E-state index is 0.205. The number of ketones is 1. The van der Waals surface area contributed by atoms with E-state index in [-0.39, 0.29) is 11.2 Å². The van der Waals surface area contributed by atoms with Crippen LogP contribution >= 0.6 is 0 Å². The van der Waals surface area contributed by atoms with E-state index in [0.717, 1.165) is 12.1 Å². The summed E-state index contributed by atoms with van der Waals surface area (Å²) >= 11 is 0. The second-order valence-electron chi connectivity index (χ2n) is 5.83. The lowest BCUT2D eigenvalue weighted by Crippen LogP contribution is -2.35. The molecule has 0 atom stereocenters. The maximum Gasteiger partial charge on any atom is 0.328 e. The van der Waals surface area contributed by atoms with Crippen molar-refractivity contribution in [3.8, 4) is 0 Å². The number of carbonyl (C=O) groups is 3. The highest BCUT2D eigenvalue weighted by Crippen LogP contribution is 2.22. The molecule has 0 aromatic heterocycles. The van der Waals surface area contributed by atoms with E-state index in [4.69, 9.17) is 10.2 Å². The van der Waals surface area contributed by atoms with Gasteiger partial charge in [-0.15, -0.1) is 0 Å². The van der Waals surface area contributed by atoms with E-state index in [1.807, 2.05) is 63.2 Å². The number of hydrogen-bond acceptors (Lipinski definition) is 4. The van der Waals surface area contributed by atoms with Crippen molar-refractivity contribution < 1.29 is 24.6 Å². The Balaban J connectivity index is 0.000000515. The topological polar surface area (TPSA) is 94.9 Å². The largest absolute Gasteiger partial charge is 0.478 e. The predicted octanol–water partition coefficient (Wildman–Crippen LogP) is 2.17. The van der Waals surface area contributed by atoms with E-state index in [1.54, 1.807) is 0 Å². The average molecular weight is 321 g/mol. The third-order valence-corrected chi connectivity index (χ3v) is 2.73. The maximum atomic E-state index is 12.2. The van der Waals surface area contributed by atoms with E-state index >= 15 is 0 Å². The molecule has 1 rings (SSSR count). The SMILES string of the molecule is CN(C)CC(C)(C)C(=O)c1ccccc1.O=C(O)/C=C/C(=O)O. The molecule has 1 aromatic rings. The third kappa shape index (κ3) is 9.21. The Morgan fingerprint density at radius 3 is 1.78 bits per heavy atom. The van der Waals surface area contributed by atoms with Gasteiger partial charge in [-0.3, -0.25) is 4.79 Å². The summed E-state index contributed by atoms with van der Waals surface area (Å²) in [5.41, 5.74) is 0.467. The number of rotatable bonds is 6. The van der Waals surface area contributed by atoms with Crippen LogP contribution in [0.4, 0.5) is 0 Å². The van der Waals surface area contributed by atoms with Crippen LogP contribution in [0.1, 0.15) is 24.2 Å². The van der Waals surface area contributed by atoms with Gasteiger partial charge in [-0.05, 0) is 14.1 Å². The molecule has 1 aromatic carbocycles. The predicted molar refractivity (Wildman–Crippen MR) is 87.5 cm³/mol. The zero-order valence-corrected chi connectivity index (χ0v) is 13.8. The number of aliphatic carboxylic acids is 2. The van der Waals surface area contributed by atoms with Gasteiger partial charge in [-0.1, -0.05) is 44.2 Å². The standard InChI is InChI=1S/C13H19NO.C4H4O4/c1-13(2,10-14(3)4)12(15)11-8-6-5-7-9-11;5-3(6)1-2-4(7)8/h5-9H,10H2,1-4H3;1-2H,(H,5,6)(H,7,8)/b;2-1+. The van der Waals surface area contributed by atoms with Crippen LogP contribution in [-0.2, 0) is 9.59 Å². The fourth-order valence-electron chi connectivity index (χ4n) is 1.99. The van der Waals surface area contributed by atoms with Crippen molar-refractivity contribution in [3.63, 3.8) is 0 Å². The number of carboxylic acid groups (broad SMARTS) is 2. The van der Waals surface area contributed by atoms with Crippen molar-refractivity contribution >= 4 is 17.7 Å². The van der Waals surface area contributed by atoms with E-state index in [0.29, 0.717) is 12.2 Å². The van der Waals surface area contributed by atoms with Crippen LogP contribution in [0.5, 0.6) is 0 Å². The molecule has 23 heavy (non-hydrogen) atoms. The molecule has 126 valence electrons. The Morgan fingerprint density at radius 1 is 1.00 bits per heavy atom. The summed E-state index contributed by atoms with van der Waals surface area (Å²) in [4.78, 5) is 33.3. The molecule has 0 heterocycles. The molecule has 0 saturated heterocycles. The highest BCUT2D eigenvalue weighted by atomic mass is 16.4. The van der Waals surface area contributed by atoms with Gasteiger partial charge in [0.05, 0.1) is 0 Å². The van der Waals surface area contributed by atoms with Crippen molar-refractivity contribution in [2.24, 2.45) is 5.41 Å². The number of Topliss-reactive ketones (excluding diaryl/α,β-unsaturated/α-hetero) is 1. The lowest BCUT2D eigenvalue weighted by molar-refractivity contribution is -0.134. The number of benzene rings is 1. The molecule has 0 unspecified atom stereocenters. The van der Waals surface area contributed by atoms with Gasteiger partial charge in [0.1, 0.15) is 0 Å². The molecule has 0 aliphatic carbocycles. The zero-order chi connectivity index (χ0) is 18.0. The van der Waals surface area contributed by atoms with Crippen molar-refractivity contribution in [1.29, 1.82) is 0 Å². The average Bonchev–Trinajstić information content (AvgIpc) is 2.44. The minimum atomic E-state index is -1.26. The van der Waals surface area contributed by atoms with Crippen LogP contribution in [-0.4, -0.2) is 53.5 Å². The van der Waals surface area contributed by atoms with Crippen LogP contribution in [0.3, 0.4) is 0 Å². The van der Waals surface area contributed by atoms with Crippen LogP contribution in [0.25, 0.3) is 0 Å². The molecule has 0 bridgehead atoms. The second-order valence-corrected chi connectivity index (χ2v) is 5.83. The first-order valence-electron chi connectivity index (χ1n) is 6.95. The molecule has 0 radical (unpaired) electrons. The van der Waals surface area contributed by atoms with Gasteiger partial charge in [0.2, 0.25) is 0 Å². The molecular weight excluding hydrogens is 298 g/mol. The molecule has 0 aliphatic rings. The molecular formula is C17H23NO5. The molecule has 6 nitrogen and oxygen atoms in total. The molecule has 0 saturated carbocycles. The van der Waals surface area contributed by atoms with Crippen molar-refractivity contribution in [3.05, 3.63) is 48.0 Å². The molecule has 6 heteroatoms. The highest BCUT2D eigenvalue weighted by Gasteiger charge is 2.28. The molecule has 0 amide bonds. The second kappa shape index (κ2) is 9.53. The smallest absolute Gasteiger partial charge is 0.328 e. The fourth-order valence-corrected chi connectivity index (χ4v) is 1.99. The Labute approximate surface area is 136 Å². The van der Waals surface area contributed by atoms with Crippen LogP contribution in [0.15, 0.2) is 42.5 Å². The van der Waals surface area contributed by atoms with Crippen molar-refractivity contribution in [2.75, 3.05) is 20.6 Å². The number of carboxylic acids is 2. The minimum Gasteiger partial charge on any atom is -0.478 e. The number of carbonyl (C=O) groups excluding carboxylic acids is 1. The fraction of sp³-hybridized carbons (Fsp3) is 0.353. The lowest BCUT2D eigenvalue weighted by atomic mass is 9.84. The molecule has 0 spiro atoms. The van der Waals surface area contributed by atoms with Crippen LogP contribution in [0, 0.1) is 5.41 Å². The van der Waals surface area contributed by atoms with E-state index in [2.05, 4.69) is 0 Å². The third-order valence-electron chi connectivity index (χ3n) is 2.73. The highest BCUT2D eigenvalue weighted by molar-refractivity contribution is 6.00. The van der Waals surface area contributed by atoms with Crippen LogP contribution in [0.2, 0.25) is 0 Å². The zero-order valence-electron chi connectivity index (χ0n) is 13.8. The Kier molecular flexibility index (Phi) is 8.50. The normalized spacial score (nSPS) is 11.0. The van der Waals surface area contributed by atoms with Gasteiger partial charge in [0, 0.05) is 29.7 Å². The number of nitrogens with zero attached hydrogens (tertiary/aromatic N) is 1. The summed E-state index contributed by atoms with van der Waals surface area (Å²) in [6.45, 7) is 4.74. The summed E-state index contributed by atoms with van der Waals surface area (Å²) in [6, 6.07) is 9.48. The van der Waals surface area contributed by atoms with Crippen molar-refractivity contribution in [2.45, 2.75) is 13.8 Å². The first-order chi connectivity index (χ1) is 10.6. The first kappa shape index (κ1) is 20.5. The van der Waals surface area contributed by atoms with Crippen LogP contribution < -0.4 is 0 Å². The maximum absolute atomic E-state index is 12.2. The summed E-state index contributed by atoms with van der Waals surface area (Å²) in [6.07, 6.45) is 1.12. The monoisotopic (exact) mass is 321 g/mol. The number of hydrogen-bond donors (Lipinski definition) is 2. The van der Waals surface area contributed by atoms with E-state index in [9.17, 15) is 14.4 Å². The Bertz CT molecular complexity index is 546. The molecule has 2 N–H and O–H groups in total.